The number of anilines is 1. The first-order valence-electron chi connectivity index (χ1n) is 8.18. The Labute approximate surface area is 157 Å². The molecule has 0 spiro atoms. The quantitative estimate of drug-likeness (QED) is 0.775. The standard InChI is InChI=1S/C17H17F3N4O4/c1-4-28-15(25)12-13(9-5-6-10(26-2)11(7-9)27-3)24-16(21-8-22-24)23-14(12)17(18,19)20/h5-8,13H,4H2,1-3H3,(H,21,22,23)/t13-/m1/s1. The summed E-state index contributed by atoms with van der Waals surface area (Å²) in [6.07, 6.45) is -3.74. The Hall–Kier alpha value is -3.24. The number of carbonyl (C=O) groups excluding carboxylic acids is 1. The molecular weight excluding hydrogens is 381 g/mol. The van der Waals surface area contributed by atoms with Crippen LogP contribution in [0.25, 0.3) is 0 Å². The third-order valence-corrected chi connectivity index (χ3v) is 4.10. The van der Waals surface area contributed by atoms with Crippen molar-refractivity contribution in [2.45, 2.75) is 19.1 Å². The summed E-state index contributed by atoms with van der Waals surface area (Å²) in [6, 6.07) is 3.31. The summed E-state index contributed by atoms with van der Waals surface area (Å²) in [5, 5.41) is 6.13. The van der Waals surface area contributed by atoms with E-state index in [0.29, 0.717) is 11.3 Å². The number of ether oxygens (including phenoxy) is 3. The van der Waals surface area contributed by atoms with E-state index in [2.05, 4.69) is 15.4 Å². The lowest BCUT2D eigenvalue weighted by molar-refractivity contribution is -0.140. The third kappa shape index (κ3) is 3.35. The zero-order valence-electron chi connectivity index (χ0n) is 15.2. The summed E-state index contributed by atoms with van der Waals surface area (Å²) in [7, 11) is 2.83. The molecule has 1 aliphatic rings. The summed E-state index contributed by atoms with van der Waals surface area (Å²) in [5.41, 5.74) is -1.55. The molecule has 3 rings (SSSR count). The first kappa shape index (κ1) is 19.5. The van der Waals surface area contributed by atoms with Crippen molar-refractivity contribution in [1.82, 2.24) is 14.8 Å². The van der Waals surface area contributed by atoms with Crippen LogP contribution in [0.3, 0.4) is 0 Å². The molecular formula is C17H17F3N4O4. The molecule has 28 heavy (non-hydrogen) atoms. The van der Waals surface area contributed by atoms with Gasteiger partial charge in [0.2, 0.25) is 5.95 Å². The molecule has 0 bridgehead atoms. The maximum absolute atomic E-state index is 13.7. The largest absolute Gasteiger partial charge is 0.493 e. The van der Waals surface area contributed by atoms with Crippen LogP contribution in [0.2, 0.25) is 0 Å². The fourth-order valence-corrected chi connectivity index (χ4v) is 2.94. The smallest absolute Gasteiger partial charge is 0.431 e. The molecule has 1 aliphatic heterocycles. The van der Waals surface area contributed by atoms with Gasteiger partial charge in [-0.15, -0.1) is 0 Å². The molecule has 2 aromatic rings. The van der Waals surface area contributed by atoms with Gasteiger partial charge in [-0.3, -0.25) is 0 Å². The zero-order valence-corrected chi connectivity index (χ0v) is 15.2. The normalized spacial score (nSPS) is 16.3. The Kier molecular flexibility index (Phi) is 5.16. The van der Waals surface area contributed by atoms with Crippen LogP contribution in [0.1, 0.15) is 18.5 Å². The highest BCUT2D eigenvalue weighted by Gasteiger charge is 2.46. The van der Waals surface area contributed by atoms with Gasteiger partial charge in [-0.05, 0) is 24.6 Å². The molecule has 11 heteroatoms. The fourth-order valence-electron chi connectivity index (χ4n) is 2.94. The average molecular weight is 398 g/mol. The highest BCUT2D eigenvalue weighted by molar-refractivity contribution is 5.93. The van der Waals surface area contributed by atoms with E-state index in [1.54, 1.807) is 0 Å². The van der Waals surface area contributed by atoms with Gasteiger partial charge in [0.1, 0.15) is 18.1 Å². The number of halogens is 3. The first-order valence-corrected chi connectivity index (χ1v) is 8.18. The summed E-state index contributed by atoms with van der Waals surface area (Å²) >= 11 is 0. The van der Waals surface area contributed by atoms with Crippen LogP contribution in [0.4, 0.5) is 19.1 Å². The minimum absolute atomic E-state index is 0.0870. The number of aromatic nitrogens is 3. The fraction of sp³-hybridized carbons (Fsp3) is 0.353. The van der Waals surface area contributed by atoms with Gasteiger partial charge in [0.15, 0.2) is 11.5 Å². The summed E-state index contributed by atoms with van der Waals surface area (Å²) in [5.74, 6) is -0.586. The van der Waals surface area contributed by atoms with Crippen LogP contribution in [0, 0.1) is 0 Å². The number of benzene rings is 1. The van der Waals surface area contributed by atoms with E-state index in [1.165, 1.54) is 44.0 Å². The Balaban J connectivity index is 2.25. The maximum atomic E-state index is 13.7. The second-order valence-electron chi connectivity index (χ2n) is 5.68. The van der Waals surface area contributed by atoms with Crippen LogP contribution in [-0.2, 0) is 9.53 Å². The molecule has 0 fully saturated rings. The number of methoxy groups -OCH3 is 2. The molecule has 150 valence electrons. The number of alkyl halides is 3. The predicted molar refractivity (Wildman–Crippen MR) is 91.0 cm³/mol. The van der Waals surface area contributed by atoms with Gasteiger partial charge in [-0.1, -0.05) is 6.07 Å². The first-order chi connectivity index (χ1) is 13.3. The van der Waals surface area contributed by atoms with E-state index >= 15 is 0 Å². The van der Waals surface area contributed by atoms with Crippen molar-refractivity contribution in [3.05, 3.63) is 41.4 Å². The van der Waals surface area contributed by atoms with Crippen molar-refractivity contribution >= 4 is 11.9 Å². The van der Waals surface area contributed by atoms with Gasteiger partial charge in [-0.25, -0.2) is 9.48 Å². The van der Waals surface area contributed by atoms with Gasteiger partial charge >= 0.3 is 12.1 Å². The molecule has 0 aliphatic carbocycles. The van der Waals surface area contributed by atoms with Gasteiger partial charge in [0.05, 0.1) is 26.4 Å². The van der Waals surface area contributed by atoms with Crippen molar-refractivity contribution in [1.29, 1.82) is 0 Å². The van der Waals surface area contributed by atoms with Crippen molar-refractivity contribution in [2.24, 2.45) is 0 Å². The van der Waals surface area contributed by atoms with Crippen LogP contribution >= 0.6 is 0 Å². The molecule has 0 unspecified atom stereocenters. The predicted octanol–water partition coefficient (Wildman–Crippen LogP) is 2.69. The van der Waals surface area contributed by atoms with Crippen molar-refractivity contribution in [3.63, 3.8) is 0 Å². The molecule has 1 aromatic heterocycles. The molecule has 0 amide bonds. The Morgan fingerprint density at radius 3 is 2.57 bits per heavy atom. The highest BCUT2D eigenvalue weighted by atomic mass is 19.4. The number of rotatable bonds is 5. The van der Waals surface area contributed by atoms with E-state index in [9.17, 15) is 18.0 Å². The van der Waals surface area contributed by atoms with Crippen LogP contribution in [0.15, 0.2) is 35.8 Å². The second-order valence-corrected chi connectivity index (χ2v) is 5.68. The summed E-state index contributed by atoms with van der Waals surface area (Å²) in [4.78, 5) is 16.3. The van der Waals surface area contributed by atoms with E-state index in [-0.39, 0.29) is 18.3 Å². The van der Waals surface area contributed by atoms with Crippen molar-refractivity contribution in [2.75, 3.05) is 26.1 Å². The molecule has 1 atom stereocenters. The third-order valence-electron chi connectivity index (χ3n) is 4.10. The molecule has 2 heterocycles. The van der Waals surface area contributed by atoms with E-state index in [4.69, 9.17) is 14.2 Å². The van der Waals surface area contributed by atoms with Crippen molar-refractivity contribution in [3.8, 4) is 11.5 Å². The second kappa shape index (κ2) is 7.41. The van der Waals surface area contributed by atoms with Crippen LogP contribution in [0.5, 0.6) is 11.5 Å². The number of nitrogens with zero attached hydrogens (tertiary/aromatic N) is 3. The van der Waals surface area contributed by atoms with Gasteiger partial charge < -0.3 is 19.5 Å². The topological polar surface area (TPSA) is 87.5 Å². The molecule has 1 N–H and O–H groups in total. The maximum Gasteiger partial charge on any atom is 0.431 e. The number of carbonyl (C=O) groups is 1. The van der Waals surface area contributed by atoms with E-state index in [0.717, 1.165) is 6.33 Å². The molecule has 1 aromatic carbocycles. The Morgan fingerprint density at radius 2 is 1.96 bits per heavy atom. The molecule has 8 nitrogen and oxygen atoms in total. The zero-order chi connectivity index (χ0) is 20.5. The lowest BCUT2D eigenvalue weighted by Gasteiger charge is -2.30. The monoisotopic (exact) mass is 398 g/mol. The van der Waals surface area contributed by atoms with Gasteiger partial charge in [-0.2, -0.15) is 23.3 Å². The molecule has 0 saturated heterocycles. The van der Waals surface area contributed by atoms with Gasteiger partial charge in [0, 0.05) is 0 Å². The van der Waals surface area contributed by atoms with Gasteiger partial charge in [0.25, 0.3) is 0 Å². The number of allylic oxidation sites excluding steroid dienone is 1. The van der Waals surface area contributed by atoms with E-state index < -0.39 is 29.5 Å². The summed E-state index contributed by atoms with van der Waals surface area (Å²) in [6.45, 7) is 1.42. The number of hydrogen-bond donors (Lipinski definition) is 1. The number of esters is 1. The summed E-state index contributed by atoms with van der Waals surface area (Å²) < 4.78 is 57.6. The van der Waals surface area contributed by atoms with Crippen LogP contribution in [-0.4, -0.2) is 47.7 Å². The lowest BCUT2D eigenvalue weighted by Crippen LogP contribution is -2.35. The van der Waals surface area contributed by atoms with Crippen LogP contribution < -0.4 is 14.8 Å². The Morgan fingerprint density at radius 1 is 1.25 bits per heavy atom. The average Bonchev–Trinajstić information content (AvgIpc) is 3.13. The number of nitrogens with one attached hydrogen (secondary N) is 1. The number of hydrogen-bond acceptors (Lipinski definition) is 7. The lowest BCUT2D eigenvalue weighted by atomic mass is 9.94. The molecule has 0 saturated carbocycles. The SMILES string of the molecule is CCOC(=O)C1=C(C(F)(F)F)Nc2ncnn2[C@@H]1c1ccc(OC)c(OC)c1. The highest BCUT2D eigenvalue weighted by Crippen LogP contribution is 2.42. The Bertz CT molecular complexity index is 923. The minimum Gasteiger partial charge on any atom is -0.493 e. The molecule has 0 radical (unpaired) electrons. The van der Waals surface area contributed by atoms with E-state index in [1.807, 2.05) is 0 Å². The van der Waals surface area contributed by atoms with Crippen molar-refractivity contribution < 1.29 is 32.2 Å². The number of fused-ring (bicyclic) bond motifs is 1. The minimum atomic E-state index is -4.84.